The molecule has 2 aliphatic heterocycles. The highest BCUT2D eigenvalue weighted by Crippen LogP contribution is 2.21. The van der Waals surface area contributed by atoms with E-state index in [0.29, 0.717) is 43.9 Å². The molecule has 1 N–H and O–H groups in total. The van der Waals surface area contributed by atoms with Crippen LogP contribution in [-0.2, 0) is 19.9 Å². The van der Waals surface area contributed by atoms with Crippen LogP contribution in [0.1, 0.15) is 16.8 Å². The van der Waals surface area contributed by atoms with Gasteiger partial charge in [0.05, 0.1) is 16.4 Å². The summed E-state index contributed by atoms with van der Waals surface area (Å²) in [5.74, 6) is 0.342. The minimum Gasteiger partial charge on any atom is -0.336 e. The molecule has 2 fully saturated rings. The molecule has 2 saturated heterocycles. The van der Waals surface area contributed by atoms with E-state index in [1.54, 1.807) is 47.4 Å². The maximum absolute atomic E-state index is 12.8. The van der Waals surface area contributed by atoms with Crippen molar-refractivity contribution in [2.75, 3.05) is 42.4 Å². The number of benzene rings is 2. The number of carbonyl (C=O) groups excluding carboxylic acids is 1. The average Bonchev–Trinajstić information content (AvgIpc) is 3.14. The molecule has 2 aromatic rings. The summed E-state index contributed by atoms with van der Waals surface area (Å²) in [6.07, 6.45) is 0.663. The Morgan fingerprint density at radius 3 is 2.16 bits per heavy atom. The van der Waals surface area contributed by atoms with Crippen molar-refractivity contribution in [3.63, 3.8) is 0 Å². The number of carbonyl (C=O) groups is 1. The molecule has 10 heteroatoms. The van der Waals surface area contributed by atoms with E-state index in [-0.39, 0.29) is 28.4 Å². The molecule has 1 atom stereocenters. The van der Waals surface area contributed by atoms with Crippen molar-refractivity contribution in [3.05, 3.63) is 60.2 Å². The Morgan fingerprint density at radius 2 is 1.58 bits per heavy atom. The third kappa shape index (κ3) is 5.08. The monoisotopic (exact) mass is 463 g/mol. The molecule has 0 spiro atoms. The Balaban J connectivity index is 1.35. The van der Waals surface area contributed by atoms with Gasteiger partial charge in [0.2, 0.25) is 0 Å². The summed E-state index contributed by atoms with van der Waals surface area (Å²) in [5.41, 5.74) is 0.868. The number of sulfonamides is 1. The fourth-order valence-corrected chi connectivity index (χ4v) is 6.87. The van der Waals surface area contributed by atoms with Crippen molar-refractivity contribution in [1.82, 2.24) is 9.80 Å². The molecule has 31 heavy (non-hydrogen) atoms. The Labute approximate surface area is 182 Å². The smallest absolute Gasteiger partial charge is 0.261 e. The molecular formula is C21H25N3O5S2. The fraction of sp³-hybridized carbons (Fsp3) is 0.381. The van der Waals surface area contributed by atoms with E-state index in [2.05, 4.69) is 9.62 Å². The molecule has 2 heterocycles. The summed E-state index contributed by atoms with van der Waals surface area (Å²) < 4.78 is 50.8. The summed E-state index contributed by atoms with van der Waals surface area (Å²) in [5, 5.41) is 0. The second kappa shape index (κ2) is 8.60. The van der Waals surface area contributed by atoms with Gasteiger partial charge in [-0.2, -0.15) is 0 Å². The summed E-state index contributed by atoms with van der Waals surface area (Å²) >= 11 is 0. The van der Waals surface area contributed by atoms with Gasteiger partial charge in [-0.25, -0.2) is 16.8 Å². The number of sulfone groups is 1. The quantitative estimate of drug-likeness (QED) is 0.720. The van der Waals surface area contributed by atoms with Gasteiger partial charge in [0.15, 0.2) is 9.84 Å². The summed E-state index contributed by atoms with van der Waals surface area (Å²) in [6, 6.07) is 14.5. The second-order valence-corrected chi connectivity index (χ2v) is 11.8. The van der Waals surface area contributed by atoms with E-state index in [9.17, 15) is 21.6 Å². The molecular weight excluding hydrogens is 438 g/mol. The maximum Gasteiger partial charge on any atom is 0.261 e. The highest BCUT2D eigenvalue weighted by molar-refractivity contribution is 7.92. The molecule has 0 saturated carbocycles. The largest absolute Gasteiger partial charge is 0.336 e. The second-order valence-electron chi connectivity index (χ2n) is 7.88. The van der Waals surface area contributed by atoms with Crippen molar-refractivity contribution in [2.24, 2.45) is 0 Å². The van der Waals surface area contributed by atoms with Crippen LogP contribution in [0.25, 0.3) is 0 Å². The van der Waals surface area contributed by atoms with E-state index >= 15 is 0 Å². The summed E-state index contributed by atoms with van der Waals surface area (Å²) in [6.45, 7) is 2.39. The first kappa shape index (κ1) is 21.8. The minimum atomic E-state index is -3.68. The standard InChI is InChI=1S/C21H25N3O5S2/c25-21(24-13-11-23(12-14-24)19-10-15-30(26,27)16-19)17-6-8-18(9-7-17)22-31(28,29)20-4-2-1-3-5-20/h1-9,19,22H,10-16H2/t19-/m0/s1. The number of amides is 1. The van der Waals surface area contributed by atoms with Crippen molar-refractivity contribution < 1.29 is 21.6 Å². The number of anilines is 1. The van der Waals surface area contributed by atoms with Gasteiger partial charge in [0, 0.05) is 43.5 Å². The number of hydrogen-bond donors (Lipinski definition) is 1. The van der Waals surface area contributed by atoms with E-state index < -0.39 is 19.9 Å². The molecule has 2 aromatic carbocycles. The van der Waals surface area contributed by atoms with Gasteiger partial charge in [-0.1, -0.05) is 18.2 Å². The molecule has 4 rings (SSSR count). The topological polar surface area (TPSA) is 104 Å². The van der Waals surface area contributed by atoms with Gasteiger partial charge in [0.1, 0.15) is 0 Å². The van der Waals surface area contributed by atoms with Crippen LogP contribution in [0.4, 0.5) is 5.69 Å². The van der Waals surface area contributed by atoms with Crippen molar-refractivity contribution in [2.45, 2.75) is 17.4 Å². The lowest BCUT2D eigenvalue weighted by atomic mass is 10.1. The first-order valence-corrected chi connectivity index (χ1v) is 13.5. The fourth-order valence-electron chi connectivity index (χ4n) is 4.03. The lowest BCUT2D eigenvalue weighted by Crippen LogP contribution is -2.52. The predicted molar refractivity (Wildman–Crippen MR) is 118 cm³/mol. The number of nitrogens with one attached hydrogen (secondary N) is 1. The third-order valence-corrected chi connectivity index (χ3v) is 8.91. The molecule has 8 nitrogen and oxygen atoms in total. The van der Waals surface area contributed by atoms with Gasteiger partial charge < -0.3 is 4.90 Å². The van der Waals surface area contributed by atoms with Gasteiger partial charge in [0.25, 0.3) is 15.9 Å². The van der Waals surface area contributed by atoms with Crippen LogP contribution in [-0.4, -0.2) is 76.3 Å². The van der Waals surface area contributed by atoms with Crippen LogP contribution in [0.2, 0.25) is 0 Å². The van der Waals surface area contributed by atoms with Gasteiger partial charge >= 0.3 is 0 Å². The molecule has 0 unspecified atom stereocenters. The normalized spacial score (nSPS) is 21.7. The van der Waals surface area contributed by atoms with Gasteiger partial charge in [-0.15, -0.1) is 0 Å². The Morgan fingerprint density at radius 1 is 0.935 bits per heavy atom. The lowest BCUT2D eigenvalue weighted by Gasteiger charge is -2.37. The lowest BCUT2D eigenvalue weighted by molar-refractivity contribution is 0.0588. The van der Waals surface area contributed by atoms with E-state index in [1.807, 2.05) is 0 Å². The van der Waals surface area contributed by atoms with Gasteiger partial charge in [-0.05, 0) is 42.8 Å². The SMILES string of the molecule is O=C(c1ccc(NS(=O)(=O)c2ccccc2)cc1)N1CCN([C@H]2CCS(=O)(=O)C2)CC1. The van der Waals surface area contributed by atoms with E-state index in [1.165, 1.54) is 12.1 Å². The van der Waals surface area contributed by atoms with Crippen LogP contribution in [0.15, 0.2) is 59.5 Å². The maximum atomic E-state index is 12.8. The number of piperazine rings is 1. The first-order chi connectivity index (χ1) is 14.7. The molecule has 166 valence electrons. The first-order valence-electron chi connectivity index (χ1n) is 10.2. The molecule has 0 bridgehead atoms. The zero-order valence-electron chi connectivity index (χ0n) is 17.0. The van der Waals surface area contributed by atoms with Crippen LogP contribution in [0, 0.1) is 0 Å². The summed E-state index contributed by atoms with van der Waals surface area (Å²) in [7, 11) is -6.61. The molecule has 1 amide bonds. The minimum absolute atomic E-state index is 0.0548. The number of hydrogen-bond acceptors (Lipinski definition) is 6. The van der Waals surface area contributed by atoms with Crippen LogP contribution in [0.5, 0.6) is 0 Å². The molecule has 2 aliphatic rings. The van der Waals surface area contributed by atoms with E-state index in [4.69, 9.17) is 0 Å². The Hall–Kier alpha value is -2.43. The van der Waals surface area contributed by atoms with Crippen LogP contribution >= 0.6 is 0 Å². The zero-order chi connectivity index (χ0) is 22.1. The molecule has 0 radical (unpaired) electrons. The zero-order valence-corrected chi connectivity index (χ0v) is 18.6. The summed E-state index contributed by atoms with van der Waals surface area (Å²) in [4.78, 5) is 16.9. The Bertz CT molecular complexity index is 1140. The molecule has 0 aliphatic carbocycles. The van der Waals surface area contributed by atoms with E-state index in [0.717, 1.165) is 0 Å². The predicted octanol–water partition coefficient (Wildman–Crippen LogP) is 1.43. The van der Waals surface area contributed by atoms with Crippen molar-refractivity contribution in [1.29, 1.82) is 0 Å². The van der Waals surface area contributed by atoms with Crippen molar-refractivity contribution >= 4 is 31.5 Å². The Kier molecular flexibility index (Phi) is 6.05. The average molecular weight is 464 g/mol. The molecule has 0 aromatic heterocycles. The third-order valence-electron chi connectivity index (χ3n) is 5.76. The number of rotatable bonds is 5. The highest BCUT2D eigenvalue weighted by Gasteiger charge is 2.34. The van der Waals surface area contributed by atoms with Crippen LogP contribution < -0.4 is 4.72 Å². The van der Waals surface area contributed by atoms with Crippen molar-refractivity contribution in [3.8, 4) is 0 Å². The highest BCUT2D eigenvalue weighted by atomic mass is 32.2. The van der Waals surface area contributed by atoms with Crippen LogP contribution in [0.3, 0.4) is 0 Å². The number of nitrogens with zero attached hydrogens (tertiary/aromatic N) is 2. The van der Waals surface area contributed by atoms with Gasteiger partial charge in [-0.3, -0.25) is 14.4 Å².